The average molecular weight is 516 g/mol. The number of rotatable bonds is 4. The molecule has 5 fully saturated rings. The number of aromatic nitrogens is 5. The standard InChI is InChI=1S/C26H28F3N5O3/c1-14-15(2)31-22-19(24-11-25(12-24,13-24)26(27,28)29)6-20(32-34(22)23(14)35)16-3-4-37-21(5-16)17-7-30-33(8-17)18-9-36-10-18/h6-8,16,18,21H,3-5,9-13H2,1-2H3/t16-,21+,24?,25?/m0/s1. The fourth-order valence-electron chi connectivity index (χ4n) is 6.68. The highest BCUT2D eigenvalue weighted by Gasteiger charge is 2.79. The van der Waals surface area contributed by atoms with E-state index in [0.29, 0.717) is 55.3 Å². The van der Waals surface area contributed by atoms with Gasteiger partial charge in [-0.15, -0.1) is 0 Å². The monoisotopic (exact) mass is 515 g/mol. The smallest absolute Gasteiger partial charge is 0.377 e. The summed E-state index contributed by atoms with van der Waals surface area (Å²) >= 11 is 0. The van der Waals surface area contributed by atoms with E-state index in [9.17, 15) is 18.0 Å². The molecule has 3 aromatic heterocycles. The number of aryl methyl sites for hydroxylation is 1. The molecule has 196 valence electrons. The van der Waals surface area contributed by atoms with Crippen molar-refractivity contribution >= 4 is 5.65 Å². The zero-order chi connectivity index (χ0) is 25.7. The Morgan fingerprint density at radius 3 is 2.59 bits per heavy atom. The predicted octanol–water partition coefficient (Wildman–Crippen LogP) is 4.09. The van der Waals surface area contributed by atoms with Gasteiger partial charge < -0.3 is 9.47 Å². The maximum atomic E-state index is 13.6. The van der Waals surface area contributed by atoms with Crippen LogP contribution in [0.1, 0.15) is 78.2 Å². The van der Waals surface area contributed by atoms with Crippen molar-refractivity contribution in [2.24, 2.45) is 5.41 Å². The van der Waals surface area contributed by atoms with Gasteiger partial charge in [-0.3, -0.25) is 9.48 Å². The van der Waals surface area contributed by atoms with E-state index in [1.807, 2.05) is 23.1 Å². The van der Waals surface area contributed by atoms with E-state index < -0.39 is 17.0 Å². The third-order valence-electron chi connectivity index (χ3n) is 9.17. The van der Waals surface area contributed by atoms with Gasteiger partial charge in [-0.2, -0.15) is 27.9 Å². The lowest BCUT2D eigenvalue weighted by Gasteiger charge is -2.70. The summed E-state index contributed by atoms with van der Waals surface area (Å²) in [5.41, 5.74) is 1.43. The van der Waals surface area contributed by atoms with Crippen molar-refractivity contribution in [3.8, 4) is 0 Å². The van der Waals surface area contributed by atoms with Gasteiger partial charge in [0.25, 0.3) is 5.56 Å². The highest BCUT2D eigenvalue weighted by Crippen LogP contribution is 2.78. The zero-order valence-corrected chi connectivity index (χ0v) is 20.7. The SMILES string of the molecule is Cc1nc2c(C34CC(C(F)(F)F)(C3)C4)cc([C@H]3CCO[C@@H](c4cnn(C5COC5)c4)C3)nn2c(=O)c1C. The first kappa shape index (κ1) is 23.3. The van der Waals surface area contributed by atoms with Crippen LogP contribution < -0.4 is 5.56 Å². The lowest BCUT2D eigenvalue weighted by Crippen LogP contribution is -2.70. The number of nitrogens with zero attached hydrogens (tertiary/aromatic N) is 5. The van der Waals surface area contributed by atoms with Gasteiger partial charge in [-0.1, -0.05) is 0 Å². The summed E-state index contributed by atoms with van der Waals surface area (Å²) in [4.78, 5) is 17.9. The average Bonchev–Trinajstić information content (AvgIpc) is 3.23. The molecule has 0 amide bonds. The first-order valence-electron chi connectivity index (χ1n) is 12.8. The predicted molar refractivity (Wildman–Crippen MR) is 125 cm³/mol. The number of hydrogen-bond acceptors (Lipinski definition) is 6. The van der Waals surface area contributed by atoms with Gasteiger partial charge in [0.2, 0.25) is 0 Å². The molecule has 2 bridgehead atoms. The molecule has 3 aliphatic carbocycles. The molecule has 37 heavy (non-hydrogen) atoms. The largest absolute Gasteiger partial charge is 0.394 e. The molecule has 2 atom stereocenters. The molecule has 2 aliphatic heterocycles. The maximum Gasteiger partial charge on any atom is 0.394 e. The molecule has 5 aliphatic rings. The summed E-state index contributed by atoms with van der Waals surface area (Å²) in [6.45, 7) is 5.29. The Balaban J connectivity index is 1.25. The second-order valence-electron chi connectivity index (χ2n) is 11.5. The molecule has 3 saturated carbocycles. The van der Waals surface area contributed by atoms with Crippen LogP contribution in [0.25, 0.3) is 5.65 Å². The highest BCUT2D eigenvalue weighted by atomic mass is 19.4. The summed E-state index contributed by atoms with van der Waals surface area (Å²) in [5.74, 6) is -0.00489. The Hall–Kier alpha value is -2.79. The van der Waals surface area contributed by atoms with Crippen molar-refractivity contribution in [3.63, 3.8) is 0 Å². The third kappa shape index (κ3) is 3.29. The van der Waals surface area contributed by atoms with Gasteiger partial charge in [0, 0.05) is 46.5 Å². The van der Waals surface area contributed by atoms with E-state index in [1.165, 1.54) is 4.52 Å². The topological polar surface area (TPSA) is 83.5 Å². The number of fused-ring (bicyclic) bond motifs is 1. The fourth-order valence-corrected chi connectivity index (χ4v) is 6.68. The molecule has 8 rings (SSSR count). The minimum atomic E-state index is -4.21. The van der Waals surface area contributed by atoms with Crippen molar-refractivity contribution in [3.05, 3.63) is 56.9 Å². The molecule has 5 heterocycles. The quantitative estimate of drug-likeness (QED) is 0.521. The van der Waals surface area contributed by atoms with Crippen molar-refractivity contribution in [2.45, 2.75) is 75.6 Å². The van der Waals surface area contributed by atoms with Crippen LogP contribution >= 0.6 is 0 Å². The minimum absolute atomic E-state index is 0.00489. The maximum absolute atomic E-state index is 13.6. The summed E-state index contributed by atoms with van der Waals surface area (Å²) in [5, 5.41) is 9.20. The van der Waals surface area contributed by atoms with Gasteiger partial charge in [-0.05, 0) is 52.0 Å². The number of halogens is 3. The summed E-state index contributed by atoms with van der Waals surface area (Å²) in [6, 6.07) is 2.18. The molecule has 0 unspecified atom stereocenters. The van der Waals surface area contributed by atoms with Crippen LogP contribution in [-0.2, 0) is 14.9 Å². The van der Waals surface area contributed by atoms with E-state index in [1.54, 1.807) is 13.8 Å². The molecule has 0 aromatic carbocycles. The van der Waals surface area contributed by atoms with Crippen LogP contribution in [0.3, 0.4) is 0 Å². The first-order valence-corrected chi connectivity index (χ1v) is 12.8. The van der Waals surface area contributed by atoms with Gasteiger partial charge in [-0.25, -0.2) is 4.98 Å². The molecule has 3 aromatic rings. The highest BCUT2D eigenvalue weighted by molar-refractivity contribution is 5.57. The van der Waals surface area contributed by atoms with Gasteiger partial charge >= 0.3 is 6.18 Å². The fraction of sp³-hybridized carbons (Fsp3) is 0.615. The lowest BCUT2D eigenvalue weighted by atomic mass is 9.33. The number of alkyl halides is 3. The minimum Gasteiger partial charge on any atom is -0.377 e. The molecular weight excluding hydrogens is 487 g/mol. The second-order valence-corrected chi connectivity index (χ2v) is 11.5. The lowest BCUT2D eigenvalue weighted by molar-refractivity contribution is -0.336. The van der Waals surface area contributed by atoms with E-state index in [2.05, 4.69) is 10.1 Å². The molecule has 0 radical (unpaired) electrons. The van der Waals surface area contributed by atoms with E-state index in [4.69, 9.17) is 14.6 Å². The van der Waals surface area contributed by atoms with Crippen LogP contribution in [0, 0.1) is 19.3 Å². The van der Waals surface area contributed by atoms with Gasteiger partial charge in [0.1, 0.15) is 0 Å². The number of ether oxygens (including phenoxy) is 2. The normalized spacial score (nSPS) is 31.6. The van der Waals surface area contributed by atoms with Crippen molar-refractivity contribution in [2.75, 3.05) is 19.8 Å². The van der Waals surface area contributed by atoms with Crippen molar-refractivity contribution in [1.82, 2.24) is 24.4 Å². The van der Waals surface area contributed by atoms with E-state index in [-0.39, 0.29) is 42.9 Å². The number of hydrogen-bond donors (Lipinski definition) is 0. The zero-order valence-electron chi connectivity index (χ0n) is 20.7. The van der Waals surface area contributed by atoms with Crippen molar-refractivity contribution < 1.29 is 22.6 Å². The Bertz CT molecular complexity index is 1450. The summed E-state index contributed by atoms with van der Waals surface area (Å²) < 4.78 is 55.5. The van der Waals surface area contributed by atoms with Crippen LogP contribution in [-0.4, -0.2) is 50.4 Å². The Labute approximate surface area is 210 Å². The van der Waals surface area contributed by atoms with Crippen LogP contribution in [0.2, 0.25) is 0 Å². The molecule has 8 nitrogen and oxygen atoms in total. The van der Waals surface area contributed by atoms with Gasteiger partial charge in [0.15, 0.2) is 5.65 Å². The van der Waals surface area contributed by atoms with E-state index >= 15 is 0 Å². The summed E-state index contributed by atoms with van der Waals surface area (Å²) in [6.07, 6.45) is 0.947. The molecule has 0 spiro atoms. The van der Waals surface area contributed by atoms with E-state index in [0.717, 1.165) is 11.1 Å². The molecule has 0 N–H and O–H groups in total. The Morgan fingerprint density at radius 1 is 1.16 bits per heavy atom. The third-order valence-corrected chi connectivity index (χ3v) is 9.17. The first-order chi connectivity index (χ1) is 17.6. The molecular formula is C26H28F3N5O3. The van der Waals surface area contributed by atoms with Gasteiger partial charge in [0.05, 0.1) is 42.7 Å². The molecule has 11 heteroatoms. The van der Waals surface area contributed by atoms with Crippen LogP contribution in [0.15, 0.2) is 23.3 Å². The van der Waals surface area contributed by atoms with Crippen LogP contribution in [0.4, 0.5) is 13.2 Å². The molecule has 2 saturated heterocycles. The Kier molecular flexibility index (Phi) is 4.81. The van der Waals surface area contributed by atoms with Crippen molar-refractivity contribution in [1.29, 1.82) is 0 Å². The summed E-state index contributed by atoms with van der Waals surface area (Å²) in [7, 11) is 0. The van der Waals surface area contributed by atoms with Crippen LogP contribution in [0.5, 0.6) is 0 Å². The second kappa shape index (κ2) is 7.63. The Morgan fingerprint density at radius 2 is 1.92 bits per heavy atom.